The third-order valence-electron chi connectivity index (χ3n) is 2.98. The van der Waals surface area contributed by atoms with E-state index in [-0.39, 0.29) is 5.04 Å². The molecule has 0 heterocycles. The molecule has 0 aliphatic heterocycles. The Kier molecular flexibility index (Phi) is 2.74. The number of rotatable bonds is 2. The highest BCUT2D eigenvalue weighted by Crippen LogP contribution is 2.36. The Bertz CT molecular complexity index is 414. The first-order valence-corrected chi connectivity index (χ1v) is 6.32. The number of allylic oxidation sites excluding steroid dienone is 5. The molecular formula is C14H16Si. The van der Waals surface area contributed by atoms with Crippen molar-refractivity contribution in [3.8, 4) is 0 Å². The van der Waals surface area contributed by atoms with Gasteiger partial charge in [0.2, 0.25) is 0 Å². The average molecular weight is 212 g/mol. The number of hydrogen-bond acceptors (Lipinski definition) is 0. The Hall–Kier alpha value is -1.34. The van der Waals surface area contributed by atoms with E-state index in [2.05, 4.69) is 61.2 Å². The van der Waals surface area contributed by atoms with Gasteiger partial charge in [0.15, 0.2) is 0 Å². The van der Waals surface area contributed by atoms with Crippen LogP contribution in [0.4, 0.5) is 0 Å². The Morgan fingerprint density at radius 1 is 1.27 bits per heavy atom. The van der Waals surface area contributed by atoms with Crippen molar-refractivity contribution in [2.24, 2.45) is 0 Å². The minimum absolute atomic E-state index is 0.276. The first-order chi connectivity index (χ1) is 7.23. The van der Waals surface area contributed by atoms with E-state index in [1.54, 1.807) is 0 Å². The second kappa shape index (κ2) is 4.03. The summed E-state index contributed by atoms with van der Waals surface area (Å²) in [4.78, 5) is 0. The summed E-state index contributed by atoms with van der Waals surface area (Å²) in [7, 11) is 1.13. The fourth-order valence-corrected chi connectivity index (χ4v) is 2.11. The summed E-state index contributed by atoms with van der Waals surface area (Å²) in [6, 6.07) is 10.5. The smallest absolute Gasteiger partial charge is 0.0206 e. The molecule has 0 nitrogen and oxygen atoms in total. The molecule has 0 aromatic heterocycles. The fraction of sp³-hybridized carbons (Fsp3) is 0.143. The molecule has 0 fully saturated rings. The molecule has 1 atom stereocenters. The molecule has 2 rings (SSSR count). The maximum absolute atomic E-state index is 3.91. The van der Waals surface area contributed by atoms with Gasteiger partial charge in [-0.15, -0.1) is 6.58 Å². The van der Waals surface area contributed by atoms with E-state index in [0.717, 1.165) is 16.7 Å². The minimum Gasteiger partial charge on any atom is -0.103 e. The van der Waals surface area contributed by atoms with Gasteiger partial charge in [-0.3, -0.25) is 0 Å². The van der Waals surface area contributed by atoms with Crippen LogP contribution in [0.25, 0.3) is 5.57 Å². The lowest BCUT2D eigenvalue weighted by molar-refractivity contribution is 0.854. The molecule has 0 amide bonds. The van der Waals surface area contributed by atoms with Gasteiger partial charge in [0.25, 0.3) is 0 Å². The maximum atomic E-state index is 3.91. The molecule has 76 valence electrons. The zero-order valence-electron chi connectivity index (χ0n) is 9.11. The van der Waals surface area contributed by atoms with Crippen LogP contribution in [-0.2, 0) is 0 Å². The number of benzene rings is 1. The van der Waals surface area contributed by atoms with Gasteiger partial charge in [-0.2, -0.15) is 0 Å². The molecule has 1 aliphatic rings. The zero-order valence-corrected chi connectivity index (χ0v) is 11.1. The van der Waals surface area contributed by atoms with E-state index in [9.17, 15) is 0 Å². The lowest BCUT2D eigenvalue weighted by atomic mass is 9.92. The summed E-state index contributed by atoms with van der Waals surface area (Å²) in [5.41, 5.74) is 2.64. The van der Waals surface area contributed by atoms with Crippen molar-refractivity contribution in [3.05, 3.63) is 66.8 Å². The Balaban J connectivity index is 2.24. The van der Waals surface area contributed by atoms with Crippen LogP contribution in [0.1, 0.15) is 12.0 Å². The predicted molar refractivity (Wildman–Crippen MR) is 71.0 cm³/mol. The first-order valence-electron chi connectivity index (χ1n) is 5.32. The van der Waals surface area contributed by atoms with Gasteiger partial charge in [-0.05, 0) is 22.6 Å². The normalized spacial score (nSPS) is 24.9. The van der Waals surface area contributed by atoms with Crippen molar-refractivity contribution in [3.63, 3.8) is 0 Å². The van der Waals surface area contributed by atoms with Crippen LogP contribution in [0.15, 0.2) is 61.2 Å². The van der Waals surface area contributed by atoms with E-state index in [4.69, 9.17) is 0 Å². The van der Waals surface area contributed by atoms with Gasteiger partial charge in [0.05, 0.1) is 0 Å². The topological polar surface area (TPSA) is 0 Å². The summed E-state index contributed by atoms with van der Waals surface area (Å²) in [6.45, 7) is 3.91. The van der Waals surface area contributed by atoms with Crippen LogP contribution in [0.5, 0.6) is 0 Å². The van der Waals surface area contributed by atoms with Crippen molar-refractivity contribution in [1.82, 2.24) is 0 Å². The molecule has 0 bridgehead atoms. The van der Waals surface area contributed by atoms with Gasteiger partial charge >= 0.3 is 0 Å². The molecule has 15 heavy (non-hydrogen) atoms. The highest BCUT2D eigenvalue weighted by Gasteiger charge is 2.18. The molecule has 0 saturated heterocycles. The van der Waals surface area contributed by atoms with Crippen LogP contribution in [0.2, 0.25) is 5.04 Å². The Morgan fingerprint density at radius 2 is 2.00 bits per heavy atom. The van der Waals surface area contributed by atoms with Crippen LogP contribution in [-0.4, -0.2) is 10.2 Å². The third kappa shape index (κ3) is 2.18. The largest absolute Gasteiger partial charge is 0.103 e. The van der Waals surface area contributed by atoms with Crippen molar-refractivity contribution in [2.45, 2.75) is 11.5 Å². The quantitative estimate of drug-likeness (QED) is 0.522. The summed E-state index contributed by atoms with van der Waals surface area (Å²) in [5.74, 6) is 0. The molecule has 1 unspecified atom stereocenters. The van der Waals surface area contributed by atoms with Crippen LogP contribution >= 0.6 is 0 Å². The minimum atomic E-state index is 0.276. The highest BCUT2D eigenvalue weighted by atomic mass is 28.1. The standard InChI is InChI=1S/C14H16Si/c1-2-14(15)10-8-13(9-11-14)12-6-4-3-5-7-12/h2-10H,1,11H2,15H3. The van der Waals surface area contributed by atoms with E-state index in [1.165, 1.54) is 11.1 Å². The van der Waals surface area contributed by atoms with Crippen LogP contribution < -0.4 is 0 Å². The Labute approximate surface area is 94.4 Å². The van der Waals surface area contributed by atoms with Gasteiger partial charge in [0, 0.05) is 10.2 Å². The molecule has 1 aromatic rings. The molecular weight excluding hydrogens is 196 g/mol. The maximum Gasteiger partial charge on any atom is 0.0206 e. The van der Waals surface area contributed by atoms with Crippen molar-refractivity contribution in [2.75, 3.05) is 0 Å². The SMILES string of the molecule is C=CC1([SiH3])C=CC(c2ccccc2)=CC1. The lowest BCUT2D eigenvalue weighted by Crippen LogP contribution is -2.07. The van der Waals surface area contributed by atoms with Crippen LogP contribution in [0.3, 0.4) is 0 Å². The summed E-state index contributed by atoms with van der Waals surface area (Å²) < 4.78 is 0. The highest BCUT2D eigenvalue weighted by molar-refractivity contribution is 6.18. The summed E-state index contributed by atoms with van der Waals surface area (Å²) in [5, 5.41) is 0.276. The fourth-order valence-electron chi connectivity index (χ4n) is 1.74. The monoisotopic (exact) mass is 212 g/mol. The summed E-state index contributed by atoms with van der Waals surface area (Å²) >= 11 is 0. The second-order valence-corrected chi connectivity index (χ2v) is 6.13. The van der Waals surface area contributed by atoms with Crippen molar-refractivity contribution >= 4 is 15.8 Å². The number of hydrogen-bond donors (Lipinski definition) is 0. The summed E-state index contributed by atoms with van der Waals surface area (Å²) in [6.07, 6.45) is 10.0. The van der Waals surface area contributed by atoms with Gasteiger partial charge in [0.1, 0.15) is 0 Å². The second-order valence-electron chi connectivity index (χ2n) is 4.27. The van der Waals surface area contributed by atoms with E-state index in [0.29, 0.717) is 0 Å². The van der Waals surface area contributed by atoms with Gasteiger partial charge in [-0.1, -0.05) is 54.6 Å². The van der Waals surface area contributed by atoms with E-state index >= 15 is 0 Å². The van der Waals surface area contributed by atoms with E-state index < -0.39 is 0 Å². The molecule has 1 aromatic carbocycles. The average Bonchev–Trinajstić information content (AvgIpc) is 2.31. The lowest BCUT2D eigenvalue weighted by Gasteiger charge is -2.23. The van der Waals surface area contributed by atoms with Crippen molar-refractivity contribution in [1.29, 1.82) is 0 Å². The molecule has 1 heteroatoms. The van der Waals surface area contributed by atoms with Gasteiger partial charge < -0.3 is 0 Å². The first kappa shape index (κ1) is 10.2. The molecule has 0 spiro atoms. The molecule has 1 aliphatic carbocycles. The molecule has 0 N–H and O–H groups in total. The van der Waals surface area contributed by atoms with Gasteiger partial charge in [-0.25, -0.2) is 0 Å². The van der Waals surface area contributed by atoms with Crippen LogP contribution in [0, 0.1) is 0 Å². The Morgan fingerprint density at radius 3 is 2.53 bits per heavy atom. The third-order valence-corrected chi connectivity index (χ3v) is 4.13. The van der Waals surface area contributed by atoms with Crippen molar-refractivity contribution < 1.29 is 0 Å². The zero-order chi connectivity index (χ0) is 10.7. The molecule has 0 saturated carbocycles. The molecule has 0 radical (unpaired) electrons. The van der Waals surface area contributed by atoms with E-state index in [1.807, 2.05) is 0 Å². The predicted octanol–water partition coefficient (Wildman–Crippen LogP) is 2.74.